The highest BCUT2D eigenvalue weighted by Gasteiger charge is 2.23. The molecule has 1 atom stereocenters. The predicted octanol–water partition coefficient (Wildman–Crippen LogP) is 2.23. The molecule has 1 aliphatic heterocycles. The summed E-state index contributed by atoms with van der Waals surface area (Å²) in [6.07, 6.45) is 5.25. The van der Waals surface area contributed by atoms with Gasteiger partial charge in [-0.2, -0.15) is 0 Å². The molecule has 1 aromatic carbocycles. The fraction of sp³-hybridized carbons (Fsp3) is 0.571. The maximum Gasteiger partial charge on any atom is 0.191 e. The van der Waals surface area contributed by atoms with Crippen molar-refractivity contribution in [2.75, 3.05) is 32.7 Å². The minimum absolute atomic E-state index is 0.337. The average Bonchev–Trinajstić information content (AvgIpc) is 3.41. The molecule has 28 heavy (non-hydrogen) atoms. The minimum atomic E-state index is 0.337. The van der Waals surface area contributed by atoms with Gasteiger partial charge in [0.25, 0.3) is 0 Å². The van der Waals surface area contributed by atoms with Crippen molar-refractivity contribution < 1.29 is 0 Å². The number of benzene rings is 1. The van der Waals surface area contributed by atoms with E-state index in [4.69, 9.17) is 4.99 Å². The normalized spacial score (nSPS) is 16.3. The number of hydrogen-bond acceptors (Lipinski definition) is 4. The Hall–Kier alpha value is -2.41. The number of aromatic nitrogens is 3. The van der Waals surface area contributed by atoms with Crippen molar-refractivity contribution in [2.24, 2.45) is 4.99 Å². The summed E-state index contributed by atoms with van der Waals surface area (Å²) in [5, 5.41) is 15.0. The van der Waals surface area contributed by atoms with E-state index in [1.165, 1.54) is 18.4 Å². The Morgan fingerprint density at radius 3 is 2.64 bits per heavy atom. The molecule has 0 saturated carbocycles. The van der Waals surface area contributed by atoms with Gasteiger partial charge in [0, 0.05) is 26.1 Å². The van der Waals surface area contributed by atoms with Gasteiger partial charge < -0.3 is 15.2 Å². The van der Waals surface area contributed by atoms with Gasteiger partial charge in [-0.25, -0.2) is 0 Å². The van der Waals surface area contributed by atoms with E-state index in [1.54, 1.807) is 6.33 Å². The Balaban J connectivity index is 1.62. The smallest absolute Gasteiger partial charge is 0.191 e. The molecule has 7 nitrogen and oxygen atoms in total. The van der Waals surface area contributed by atoms with Crippen LogP contribution < -0.4 is 10.6 Å². The third-order valence-corrected chi connectivity index (χ3v) is 5.19. The highest BCUT2D eigenvalue weighted by atomic mass is 15.3. The summed E-state index contributed by atoms with van der Waals surface area (Å²) in [5.74, 6) is 1.88. The molecular weight excluding hydrogens is 350 g/mol. The molecule has 1 unspecified atom stereocenters. The molecule has 2 heterocycles. The number of aliphatic imine (C=N–C) groups is 1. The molecule has 1 saturated heterocycles. The van der Waals surface area contributed by atoms with E-state index in [1.807, 2.05) is 0 Å². The van der Waals surface area contributed by atoms with Crippen molar-refractivity contribution in [2.45, 2.75) is 45.7 Å². The molecule has 3 rings (SSSR count). The molecule has 0 bridgehead atoms. The summed E-state index contributed by atoms with van der Waals surface area (Å²) in [7, 11) is 0. The third-order valence-electron chi connectivity index (χ3n) is 5.19. The molecule has 0 spiro atoms. The van der Waals surface area contributed by atoms with Crippen molar-refractivity contribution in [3.8, 4) is 0 Å². The van der Waals surface area contributed by atoms with Crippen LogP contribution in [-0.2, 0) is 13.0 Å². The molecule has 0 radical (unpaired) electrons. The standard InChI is InChI=1S/C21H33N7/c1-3-20-26-25-17-28(20)15-12-23-21(22-4-2)24-16-19(27-13-8-9-14-27)18-10-6-5-7-11-18/h5-7,10-11,17,19H,3-4,8-9,12-16H2,1-2H3,(H2,22,23,24). The summed E-state index contributed by atoms with van der Waals surface area (Å²) in [5.41, 5.74) is 1.35. The quantitative estimate of drug-likeness (QED) is 0.513. The van der Waals surface area contributed by atoms with Crippen LogP contribution in [0.15, 0.2) is 41.7 Å². The molecular formula is C21H33N7. The van der Waals surface area contributed by atoms with E-state index in [0.29, 0.717) is 6.04 Å². The summed E-state index contributed by atoms with van der Waals surface area (Å²) >= 11 is 0. The van der Waals surface area contributed by atoms with Crippen LogP contribution in [0.2, 0.25) is 0 Å². The second kappa shape index (κ2) is 10.8. The summed E-state index contributed by atoms with van der Waals surface area (Å²) < 4.78 is 2.09. The number of rotatable bonds is 9. The van der Waals surface area contributed by atoms with Gasteiger partial charge in [0.05, 0.1) is 12.6 Å². The molecule has 7 heteroatoms. The zero-order chi connectivity index (χ0) is 19.6. The topological polar surface area (TPSA) is 70.4 Å². The van der Waals surface area contributed by atoms with Crippen LogP contribution in [0.4, 0.5) is 0 Å². The number of hydrogen-bond donors (Lipinski definition) is 2. The van der Waals surface area contributed by atoms with Crippen molar-refractivity contribution in [1.29, 1.82) is 0 Å². The lowest BCUT2D eigenvalue weighted by molar-refractivity contribution is 0.251. The first-order chi connectivity index (χ1) is 13.8. The summed E-state index contributed by atoms with van der Waals surface area (Å²) in [4.78, 5) is 7.47. The third kappa shape index (κ3) is 5.55. The Morgan fingerprint density at radius 1 is 1.14 bits per heavy atom. The van der Waals surface area contributed by atoms with E-state index < -0.39 is 0 Å². The second-order valence-corrected chi connectivity index (χ2v) is 7.11. The Bertz CT molecular complexity index is 719. The monoisotopic (exact) mass is 383 g/mol. The Morgan fingerprint density at radius 2 is 1.93 bits per heavy atom. The van der Waals surface area contributed by atoms with Gasteiger partial charge in [-0.3, -0.25) is 9.89 Å². The first kappa shape index (κ1) is 20.3. The molecule has 152 valence electrons. The van der Waals surface area contributed by atoms with Gasteiger partial charge >= 0.3 is 0 Å². The molecule has 2 aromatic rings. The molecule has 0 amide bonds. The van der Waals surface area contributed by atoms with Gasteiger partial charge in [0.2, 0.25) is 0 Å². The largest absolute Gasteiger partial charge is 0.357 e. The number of likely N-dealkylation sites (tertiary alicyclic amines) is 1. The Kier molecular flexibility index (Phi) is 7.84. The van der Waals surface area contributed by atoms with Crippen LogP contribution in [0, 0.1) is 0 Å². The van der Waals surface area contributed by atoms with Crippen LogP contribution in [0.1, 0.15) is 44.1 Å². The zero-order valence-corrected chi connectivity index (χ0v) is 17.1. The fourth-order valence-corrected chi connectivity index (χ4v) is 3.71. The van der Waals surface area contributed by atoms with Crippen LogP contribution in [0.3, 0.4) is 0 Å². The van der Waals surface area contributed by atoms with Gasteiger partial charge in [-0.15, -0.1) is 10.2 Å². The second-order valence-electron chi connectivity index (χ2n) is 7.11. The van der Waals surface area contributed by atoms with Crippen LogP contribution in [0.5, 0.6) is 0 Å². The molecule has 1 fully saturated rings. The molecule has 1 aliphatic rings. The van der Waals surface area contributed by atoms with E-state index >= 15 is 0 Å². The highest BCUT2D eigenvalue weighted by Crippen LogP contribution is 2.25. The van der Waals surface area contributed by atoms with Crippen molar-refractivity contribution in [1.82, 2.24) is 30.3 Å². The SMILES string of the molecule is CCNC(=NCC(c1ccccc1)N1CCCC1)NCCn1cnnc1CC. The van der Waals surface area contributed by atoms with Crippen LogP contribution >= 0.6 is 0 Å². The lowest BCUT2D eigenvalue weighted by Crippen LogP contribution is -2.39. The van der Waals surface area contributed by atoms with E-state index in [-0.39, 0.29) is 0 Å². The maximum atomic E-state index is 4.91. The van der Waals surface area contributed by atoms with E-state index in [9.17, 15) is 0 Å². The maximum absolute atomic E-state index is 4.91. The van der Waals surface area contributed by atoms with Gasteiger partial charge in [-0.05, 0) is 38.4 Å². The van der Waals surface area contributed by atoms with Crippen molar-refractivity contribution in [3.63, 3.8) is 0 Å². The zero-order valence-electron chi connectivity index (χ0n) is 17.1. The molecule has 0 aliphatic carbocycles. The first-order valence-corrected chi connectivity index (χ1v) is 10.5. The summed E-state index contributed by atoms with van der Waals surface area (Å²) in [6, 6.07) is 11.1. The van der Waals surface area contributed by atoms with E-state index in [0.717, 1.165) is 57.5 Å². The number of nitrogens with one attached hydrogen (secondary N) is 2. The highest BCUT2D eigenvalue weighted by molar-refractivity contribution is 5.79. The van der Waals surface area contributed by atoms with Crippen molar-refractivity contribution in [3.05, 3.63) is 48.0 Å². The van der Waals surface area contributed by atoms with Gasteiger partial charge in [0.1, 0.15) is 12.2 Å². The lowest BCUT2D eigenvalue weighted by Gasteiger charge is -2.27. The number of aryl methyl sites for hydroxylation is 1. The van der Waals surface area contributed by atoms with Gasteiger partial charge in [-0.1, -0.05) is 37.3 Å². The van der Waals surface area contributed by atoms with Crippen LogP contribution in [-0.4, -0.2) is 58.3 Å². The Labute approximate surface area is 168 Å². The lowest BCUT2D eigenvalue weighted by atomic mass is 10.1. The number of nitrogens with zero attached hydrogens (tertiary/aromatic N) is 5. The van der Waals surface area contributed by atoms with Gasteiger partial charge in [0.15, 0.2) is 5.96 Å². The first-order valence-electron chi connectivity index (χ1n) is 10.5. The molecule has 1 aromatic heterocycles. The van der Waals surface area contributed by atoms with Crippen molar-refractivity contribution >= 4 is 5.96 Å². The predicted molar refractivity (Wildman–Crippen MR) is 113 cm³/mol. The van der Waals surface area contributed by atoms with Crippen LogP contribution in [0.25, 0.3) is 0 Å². The minimum Gasteiger partial charge on any atom is -0.357 e. The number of guanidine groups is 1. The average molecular weight is 384 g/mol. The van der Waals surface area contributed by atoms with E-state index in [2.05, 4.69) is 74.5 Å². The fourth-order valence-electron chi connectivity index (χ4n) is 3.71. The molecule has 2 N–H and O–H groups in total. The summed E-state index contributed by atoms with van der Waals surface area (Å²) in [6.45, 7) is 9.73.